The van der Waals surface area contributed by atoms with Gasteiger partial charge >= 0.3 is 6.03 Å². The number of sulfonamides is 1. The lowest BCUT2D eigenvalue weighted by Crippen LogP contribution is -2.49. The monoisotopic (exact) mass is 611 g/mol. The fraction of sp³-hybridized carbons (Fsp3) is 0.355. The van der Waals surface area contributed by atoms with Crippen LogP contribution in [0.1, 0.15) is 43.7 Å². The fourth-order valence-corrected chi connectivity index (χ4v) is 5.46. The van der Waals surface area contributed by atoms with Crippen LogP contribution in [-0.4, -0.2) is 56.2 Å². The number of benzene rings is 3. The molecule has 224 valence electrons. The quantitative estimate of drug-likeness (QED) is 0.258. The van der Waals surface area contributed by atoms with Crippen LogP contribution in [0.2, 0.25) is 0 Å². The largest absolute Gasteiger partial charge is 0.457 e. The molecule has 0 unspecified atom stereocenters. The number of likely N-dealkylation sites (tertiary alicyclic amines) is 1. The summed E-state index contributed by atoms with van der Waals surface area (Å²) in [6.45, 7) is 5.46. The van der Waals surface area contributed by atoms with Gasteiger partial charge in [-0.2, -0.15) is 5.26 Å². The lowest BCUT2D eigenvalue weighted by Gasteiger charge is -2.38. The van der Waals surface area contributed by atoms with Crippen molar-refractivity contribution in [3.8, 4) is 17.6 Å². The Morgan fingerprint density at radius 2 is 1.67 bits per heavy atom. The number of nitriles is 1. The summed E-state index contributed by atoms with van der Waals surface area (Å²) >= 11 is 0. The van der Waals surface area contributed by atoms with Crippen LogP contribution in [0.15, 0.2) is 72.8 Å². The van der Waals surface area contributed by atoms with E-state index in [1.54, 1.807) is 42.5 Å². The maximum atomic E-state index is 13.2. The van der Waals surface area contributed by atoms with Crippen molar-refractivity contribution in [2.45, 2.75) is 45.2 Å². The maximum absolute atomic E-state index is 13.2. The summed E-state index contributed by atoms with van der Waals surface area (Å²) in [5.41, 5.74) is 2.83. The molecule has 0 saturated carbocycles. The summed E-state index contributed by atoms with van der Waals surface area (Å²) < 4.78 is 31.1. The van der Waals surface area contributed by atoms with Crippen molar-refractivity contribution in [1.82, 2.24) is 9.80 Å². The summed E-state index contributed by atoms with van der Waals surface area (Å²) in [4.78, 5) is 17.6. The molecule has 9 nitrogen and oxygen atoms in total. The number of rotatable bonds is 11. The van der Waals surface area contributed by atoms with Crippen LogP contribution >= 0.6 is 12.4 Å². The number of urea groups is 1. The molecular formula is C31H38ClN5O4S. The molecule has 4 rings (SSSR count). The Kier molecular flexibility index (Phi) is 12.0. The Morgan fingerprint density at radius 1 is 1.02 bits per heavy atom. The molecule has 2 amide bonds. The molecule has 0 aromatic heterocycles. The zero-order valence-electron chi connectivity index (χ0n) is 24.0. The average molecular weight is 612 g/mol. The SMILES string of the molecule is CCCCN(C(=O)Nc1cccc(C#N)c1)C1CCN(Cc2ccc(Oc3ccc(NS(C)(=O)=O)cc3)cc2)CC1.Cl. The number of anilines is 2. The molecule has 3 aromatic rings. The van der Waals surface area contributed by atoms with Gasteiger partial charge in [0.1, 0.15) is 11.5 Å². The first-order chi connectivity index (χ1) is 19.7. The smallest absolute Gasteiger partial charge is 0.322 e. The van der Waals surface area contributed by atoms with Gasteiger partial charge in [0, 0.05) is 43.6 Å². The normalized spacial score (nSPS) is 13.8. The Balaban J connectivity index is 0.00000484. The Hall–Kier alpha value is -3.78. The van der Waals surface area contributed by atoms with Gasteiger partial charge in [0.25, 0.3) is 0 Å². The average Bonchev–Trinajstić information content (AvgIpc) is 2.95. The zero-order valence-corrected chi connectivity index (χ0v) is 25.6. The van der Waals surface area contributed by atoms with Crippen molar-refractivity contribution < 1.29 is 17.9 Å². The molecule has 3 aromatic carbocycles. The first-order valence-corrected chi connectivity index (χ1v) is 15.8. The third kappa shape index (κ3) is 9.94. The van der Waals surface area contributed by atoms with Crippen molar-refractivity contribution in [2.24, 2.45) is 0 Å². The fourth-order valence-electron chi connectivity index (χ4n) is 4.89. The van der Waals surface area contributed by atoms with Gasteiger partial charge in [0.2, 0.25) is 10.0 Å². The molecule has 1 aliphatic heterocycles. The molecule has 0 atom stereocenters. The number of halogens is 1. The highest BCUT2D eigenvalue weighted by Crippen LogP contribution is 2.25. The van der Waals surface area contributed by atoms with Crippen LogP contribution in [0, 0.1) is 11.3 Å². The Labute approximate surface area is 254 Å². The predicted molar refractivity (Wildman–Crippen MR) is 169 cm³/mol. The number of unbranched alkanes of at least 4 members (excludes halogenated alkanes) is 1. The number of carbonyl (C=O) groups is 1. The molecule has 0 spiro atoms. The lowest BCUT2D eigenvalue weighted by molar-refractivity contribution is 0.122. The van der Waals surface area contributed by atoms with Crippen LogP contribution in [-0.2, 0) is 16.6 Å². The third-order valence-corrected chi connectivity index (χ3v) is 7.58. The molecule has 1 heterocycles. The van der Waals surface area contributed by atoms with Gasteiger partial charge in [-0.3, -0.25) is 9.62 Å². The highest BCUT2D eigenvalue weighted by molar-refractivity contribution is 7.92. The summed E-state index contributed by atoms with van der Waals surface area (Å²) in [6.07, 6.45) is 4.88. The molecular weight excluding hydrogens is 574 g/mol. The first-order valence-electron chi connectivity index (χ1n) is 13.9. The number of nitrogens with zero attached hydrogens (tertiary/aromatic N) is 3. The van der Waals surface area contributed by atoms with Crippen molar-refractivity contribution in [1.29, 1.82) is 5.26 Å². The van der Waals surface area contributed by atoms with Gasteiger partial charge in [0.15, 0.2) is 0 Å². The summed E-state index contributed by atoms with van der Waals surface area (Å²) in [7, 11) is -3.32. The Bertz CT molecular complexity index is 1450. The van der Waals surface area contributed by atoms with Gasteiger partial charge < -0.3 is 15.0 Å². The predicted octanol–water partition coefficient (Wildman–Crippen LogP) is 6.44. The van der Waals surface area contributed by atoms with E-state index in [9.17, 15) is 13.2 Å². The molecule has 2 N–H and O–H groups in total. The van der Waals surface area contributed by atoms with E-state index in [0.29, 0.717) is 35.0 Å². The van der Waals surface area contributed by atoms with Crippen LogP contribution < -0.4 is 14.8 Å². The van der Waals surface area contributed by atoms with E-state index in [-0.39, 0.29) is 24.5 Å². The second-order valence-electron chi connectivity index (χ2n) is 10.3. The van der Waals surface area contributed by atoms with Gasteiger partial charge in [-0.1, -0.05) is 31.5 Å². The number of amides is 2. The second-order valence-corrected chi connectivity index (χ2v) is 12.1. The van der Waals surface area contributed by atoms with E-state index >= 15 is 0 Å². The highest BCUT2D eigenvalue weighted by Gasteiger charge is 2.28. The van der Waals surface area contributed by atoms with E-state index in [0.717, 1.165) is 51.6 Å². The highest BCUT2D eigenvalue weighted by atomic mass is 35.5. The third-order valence-electron chi connectivity index (χ3n) is 6.98. The van der Waals surface area contributed by atoms with E-state index in [4.69, 9.17) is 10.00 Å². The van der Waals surface area contributed by atoms with Crippen LogP contribution in [0.25, 0.3) is 0 Å². The minimum absolute atomic E-state index is 0. The van der Waals surface area contributed by atoms with Crippen molar-refractivity contribution >= 4 is 39.8 Å². The molecule has 42 heavy (non-hydrogen) atoms. The van der Waals surface area contributed by atoms with Gasteiger partial charge in [-0.15, -0.1) is 12.4 Å². The number of piperidine rings is 1. The van der Waals surface area contributed by atoms with Crippen LogP contribution in [0.5, 0.6) is 11.5 Å². The van der Waals surface area contributed by atoms with Crippen LogP contribution in [0.3, 0.4) is 0 Å². The minimum atomic E-state index is -3.32. The van der Waals surface area contributed by atoms with Gasteiger partial charge in [0.05, 0.1) is 17.9 Å². The Morgan fingerprint density at radius 3 is 2.26 bits per heavy atom. The first kappa shape index (κ1) is 32.7. The number of ether oxygens (including phenoxy) is 1. The van der Waals surface area contributed by atoms with Crippen LogP contribution in [0.4, 0.5) is 16.2 Å². The molecule has 11 heteroatoms. The molecule has 0 aliphatic carbocycles. The van der Waals surface area contributed by atoms with E-state index in [1.165, 1.54) is 5.56 Å². The van der Waals surface area contributed by atoms with E-state index in [2.05, 4.69) is 40.1 Å². The molecule has 1 aliphatic rings. The van der Waals surface area contributed by atoms with Crippen molar-refractivity contribution in [3.05, 3.63) is 83.9 Å². The topological polar surface area (TPSA) is 115 Å². The molecule has 0 bridgehead atoms. The molecule has 1 fully saturated rings. The molecule has 0 radical (unpaired) electrons. The van der Waals surface area contributed by atoms with Gasteiger partial charge in [-0.25, -0.2) is 13.2 Å². The standard InChI is InChI=1S/C31H37N5O4S.ClH/c1-3-4-18-36(31(37)33-27-7-5-6-25(21-27)22-32)28-16-19-35(20-17-28)23-24-8-12-29(13-9-24)40-30-14-10-26(11-15-30)34-41(2,38)39;/h5-15,21,28,34H,3-4,16-20,23H2,1-2H3,(H,33,37);1H. The van der Waals surface area contributed by atoms with E-state index in [1.807, 2.05) is 23.1 Å². The number of nitrogens with one attached hydrogen (secondary N) is 2. The number of hydrogen-bond donors (Lipinski definition) is 2. The second kappa shape index (κ2) is 15.4. The summed E-state index contributed by atoms with van der Waals surface area (Å²) in [6, 6.07) is 23.9. The lowest BCUT2D eigenvalue weighted by atomic mass is 10.0. The number of carbonyl (C=O) groups excluding carboxylic acids is 1. The van der Waals surface area contributed by atoms with Crippen molar-refractivity contribution in [3.63, 3.8) is 0 Å². The van der Waals surface area contributed by atoms with E-state index < -0.39 is 10.0 Å². The maximum Gasteiger partial charge on any atom is 0.322 e. The zero-order chi connectivity index (χ0) is 29.2. The summed E-state index contributed by atoms with van der Waals surface area (Å²) in [5, 5.41) is 12.2. The summed E-state index contributed by atoms with van der Waals surface area (Å²) in [5.74, 6) is 1.32. The number of hydrogen-bond acceptors (Lipinski definition) is 6. The minimum Gasteiger partial charge on any atom is -0.457 e. The molecule has 1 saturated heterocycles. The van der Waals surface area contributed by atoms with Crippen molar-refractivity contribution in [2.75, 3.05) is 35.9 Å². The van der Waals surface area contributed by atoms with Gasteiger partial charge in [-0.05, 0) is 79.4 Å².